The summed E-state index contributed by atoms with van der Waals surface area (Å²) in [4.78, 5) is 11.4. The zero-order valence-corrected chi connectivity index (χ0v) is 12.5. The van der Waals surface area contributed by atoms with Gasteiger partial charge in [-0.1, -0.05) is 29.8 Å². The predicted octanol–water partition coefficient (Wildman–Crippen LogP) is 2.38. The first kappa shape index (κ1) is 15.6. The van der Waals surface area contributed by atoms with Gasteiger partial charge in [0.15, 0.2) is 0 Å². The summed E-state index contributed by atoms with van der Waals surface area (Å²) in [5.74, 6) is -1.32. The van der Waals surface area contributed by atoms with Crippen LogP contribution in [0, 0.1) is 0 Å². The van der Waals surface area contributed by atoms with Crippen molar-refractivity contribution in [1.82, 2.24) is 4.31 Å². The summed E-state index contributed by atoms with van der Waals surface area (Å²) in [5, 5.41) is 9.57. The Morgan fingerprint density at radius 1 is 1.33 bits per heavy atom. The molecule has 21 heavy (non-hydrogen) atoms. The quantitative estimate of drug-likeness (QED) is 0.909. The van der Waals surface area contributed by atoms with Crippen LogP contribution in [0.5, 0.6) is 0 Å². The van der Waals surface area contributed by atoms with Crippen LogP contribution in [0.1, 0.15) is 11.6 Å². The van der Waals surface area contributed by atoms with Crippen molar-refractivity contribution in [1.29, 1.82) is 0 Å². The summed E-state index contributed by atoms with van der Waals surface area (Å²) < 4.78 is 30.3. The highest BCUT2D eigenvalue weighted by Crippen LogP contribution is 2.30. The van der Waals surface area contributed by atoms with Crippen molar-refractivity contribution in [2.75, 3.05) is 7.05 Å². The van der Waals surface area contributed by atoms with Crippen LogP contribution >= 0.6 is 11.6 Å². The second-order valence-corrected chi connectivity index (χ2v) is 6.65. The molecule has 6 nitrogen and oxygen atoms in total. The number of carboxylic acids is 1. The number of sulfonamides is 1. The van der Waals surface area contributed by atoms with E-state index in [1.54, 1.807) is 12.1 Å². The highest BCUT2D eigenvalue weighted by atomic mass is 35.5. The first-order valence-electron chi connectivity index (χ1n) is 5.83. The van der Waals surface area contributed by atoms with Crippen LogP contribution in [0.2, 0.25) is 5.02 Å². The van der Waals surface area contributed by atoms with Gasteiger partial charge in [0, 0.05) is 17.6 Å². The molecule has 0 aliphatic heterocycles. The largest absolute Gasteiger partial charge is 0.480 e. The maximum atomic E-state index is 12.4. The lowest BCUT2D eigenvalue weighted by Gasteiger charge is -2.24. The molecule has 0 bridgehead atoms. The van der Waals surface area contributed by atoms with Gasteiger partial charge in [0.2, 0.25) is 10.0 Å². The Morgan fingerprint density at radius 2 is 2.00 bits per heavy atom. The number of likely N-dealkylation sites (N-methyl/N-ethyl adjacent to an activating group) is 1. The Balaban J connectivity index is 2.50. The molecule has 0 fully saturated rings. The Hall–Kier alpha value is -1.83. The molecule has 1 heterocycles. The second kappa shape index (κ2) is 5.88. The highest BCUT2D eigenvalue weighted by molar-refractivity contribution is 7.89. The summed E-state index contributed by atoms with van der Waals surface area (Å²) in [6.07, 6.45) is 2.24. The topological polar surface area (TPSA) is 87.8 Å². The first-order valence-corrected chi connectivity index (χ1v) is 7.65. The van der Waals surface area contributed by atoms with Crippen molar-refractivity contribution in [2.24, 2.45) is 0 Å². The lowest BCUT2D eigenvalue weighted by molar-refractivity contribution is -0.141. The molecule has 1 atom stereocenters. The number of benzene rings is 1. The SMILES string of the molecule is CN(C(C(=O)O)c1ccccc1Cl)S(=O)(=O)c1ccoc1. The third-order valence-electron chi connectivity index (χ3n) is 2.97. The lowest BCUT2D eigenvalue weighted by Crippen LogP contribution is -2.35. The standard InChI is InChI=1S/C13H12ClNO5S/c1-15(21(18,19)9-6-7-20-8-9)12(13(16)17)10-4-2-3-5-11(10)14/h2-8,12H,1H3,(H,16,17). The molecule has 0 saturated heterocycles. The van der Waals surface area contributed by atoms with Gasteiger partial charge in [0.25, 0.3) is 0 Å². The van der Waals surface area contributed by atoms with Gasteiger partial charge in [0.1, 0.15) is 17.2 Å². The van der Waals surface area contributed by atoms with Crippen molar-refractivity contribution in [3.8, 4) is 0 Å². The third kappa shape index (κ3) is 2.94. The second-order valence-electron chi connectivity index (χ2n) is 4.24. The van der Waals surface area contributed by atoms with Gasteiger partial charge in [-0.2, -0.15) is 4.31 Å². The van der Waals surface area contributed by atoms with E-state index in [4.69, 9.17) is 16.0 Å². The van der Waals surface area contributed by atoms with Crippen LogP contribution in [-0.4, -0.2) is 30.8 Å². The van der Waals surface area contributed by atoms with Gasteiger partial charge in [-0.15, -0.1) is 0 Å². The summed E-state index contributed by atoms with van der Waals surface area (Å²) >= 11 is 5.98. The molecule has 1 aromatic heterocycles. The molecule has 0 amide bonds. The number of rotatable bonds is 5. The fourth-order valence-corrected chi connectivity index (χ4v) is 3.34. The van der Waals surface area contributed by atoms with E-state index in [1.807, 2.05) is 0 Å². The maximum Gasteiger partial charge on any atom is 0.326 e. The van der Waals surface area contributed by atoms with Crippen molar-refractivity contribution >= 4 is 27.6 Å². The predicted molar refractivity (Wildman–Crippen MR) is 75.5 cm³/mol. The van der Waals surface area contributed by atoms with E-state index in [0.717, 1.165) is 10.6 Å². The van der Waals surface area contributed by atoms with Crippen LogP contribution in [0.15, 0.2) is 52.2 Å². The zero-order chi connectivity index (χ0) is 15.6. The Morgan fingerprint density at radius 3 is 2.52 bits per heavy atom. The van der Waals surface area contributed by atoms with E-state index in [-0.39, 0.29) is 15.5 Å². The van der Waals surface area contributed by atoms with Gasteiger partial charge in [-0.05, 0) is 12.1 Å². The number of hydrogen-bond acceptors (Lipinski definition) is 4. The van der Waals surface area contributed by atoms with Crippen LogP contribution in [0.25, 0.3) is 0 Å². The number of furan rings is 1. The molecule has 0 aliphatic rings. The molecule has 1 unspecified atom stereocenters. The lowest BCUT2D eigenvalue weighted by atomic mass is 10.1. The van der Waals surface area contributed by atoms with Crippen LogP contribution in [0.4, 0.5) is 0 Å². The average Bonchev–Trinajstić information content (AvgIpc) is 2.95. The van der Waals surface area contributed by atoms with Gasteiger partial charge >= 0.3 is 5.97 Å². The number of hydrogen-bond donors (Lipinski definition) is 1. The van der Waals surface area contributed by atoms with Crippen molar-refractivity contribution in [2.45, 2.75) is 10.9 Å². The van der Waals surface area contributed by atoms with E-state index in [9.17, 15) is 18.3 Å². The molecule has 2 rings (SSSR count). The highest BCUT2D eigenvalue weighted by Gasteiger charge is 2.35. The van der Waals surface area contributed by atoms with Gasteiger partial charge < -0.3 is 9.52 Å². The van der Waals surface area contributed by atoms with E-state index < -0.39 is 22.0 Å². The molecule has 2 aromatic rings. The van der Waals surface area contributed by atoms with Crippen molar-refractivity contribution in [3.63, 3.8) is 0 Å². The molecular weight excluding hydrogens is 318 g/mol. The van der Waals surface area contributed by atoms with Gasteiger partial charge in [-0.3, -0.25) is 4.79 Å². The molecule has 0 aliphatic carbocycles. The van der Waals surface area contributed by atoms with Crippen LogP contribution < -0.4 is 0 Å². The number of aliphatic carboxylic acids is 1. The number of nitrogens with zero attached hydrogens (tertiary/aromatic N) is 1. The van der Waals surface area contributed by atoms with E-state index in [2.05, 4.69) is 0 Å². The normalized spacial score (nSPS) is 13.3. The molecule has 0 saturated carbocycles. The fourth-order valence-electron chi connectivity index (χ4n) is 1.89. The van der Waals surface area contributed by atoms with Gasteiger partial charge in [-0.25, -0.2) is 8.42 Å². The Kier molecular flexibility index (Phi) is 4.36. The fraction of sp³-hybridized carbons (Fsp3) is 0.154. The molecular formula is C13H12ClNO5S. The third-order valence-corrected chi connectivity index (χ3v) is 5.11. The van der Waals surface area contributed by atoms with E-state index in [0.29, 0.717) is 0 Å². The summed E-state index contributed by atoms with van der Waals surface area (Å²) in [6.45, 7) is 0. The van der Waals surface area contributed by atoms with Gasteiger partial charge in [0.05, 0.1) is 6.26 Å². The maximum absolute atomic E-state index is 12.4. The minimum atomic E-state index is -4.00. The molecule has 1 aromatic carbocycles. The smallest absolute Gasteiger partial charge is 0.326 e. The van der Waals surface area contributed by atoms with Crippen LogP contribution in [0.3, 0.4) is 0 Å². The molecule has 0 spiro atoms. The average molecular weight is 330 g/mol. The molecule has 112 valence electrons. The Labute approximate surface area is 126 Å². The molecule has 0 radical (unpaired) electrons. The summed E-state index contributed by atoms with van der Waals surface area (Å²) in [6, 6.07) is 6.02. The number of carboxylic acid groups (broad SMARTS) is 1. The molecule has 8 heteroatoms. The summed E-state index contributed by atoms with van der Waals surface area (Å²) in [5.41, 5.74) is 0.196. The van der Waals surface area contributed by atoms with Crippen molar-refractivity contribution in [3.05, 3.63) is 53.4 Å². The van der Waals surface area contributed by atoms with E-state index in [1.165, 1.54) is 31.5 Å². The van der Waals surface area contributed by atoms with Crippen LogP contribution in [-0.2, 0) is 14.8 Å². The minimum absolute atomic E-state index is 0.122. The monoisotopic (exact) mass is 329 g/mol. The zero-order valence-electron chi connectivity index (χ0n) is 10.9. The Bertz CT molecular complexity index is 742. The number of halogens is 1. The molecule has 1 N–H and O–H groups in total. The number of carbonyl (C=O) groups is 1. The summed E-state index contributed by atoms with van der Waals surface area (Å²) in [7, 11) is -2.82. The van der Waals surface area contributed by atoms with Crippen molar-refractivity contribution < 1.29 is 22.7 Å². The minimum Gasteiger partial charge on any atom is -0.480 e. The van der Waals surface area contributed by atoms with E-state index >= 15 is 0 Å². The first-order chi connectivity index (χ1) is 9.85.